The normalized spacial score (nSPS) is 37.4. The maximum absolute atomic E-state index is 5.85. The Hall–Kier alpha value is -0.120. The Morgan fingerprint density at radius 3 is 2.38 bits per heavy atom. The summed E-state index contributed by atoms with van der Waals surface area (Å²) in [5, 5.41) is 0. The minimum atomic E-state index is -0.393. The molecule has 0 aromatic heterocycles. The Bertz CT molecular complexity index is 175. The summed E-state index contributed by atoms with van der Waals surface area (Å²) >= 11 is 0. The summed E-state index contributed by atoms with van der Waals surface area (Å²) < 4.78 is 17.2. The van der Waals surface area contributed by atoms with Crippen LogP contribution in [0.2, 0.25) is 0 Å². The maximum atomic E-state index is 5.85. The van der Waals surface area contributed by atoms with Crippen LogP contribution < -0.4 is 0 Å². The zero-order valence-corrected chi connectivity index (χ0v) is 8.41. The molecule has 3 nitrogen and oxygen atoms in total. The highest BCUT2D eigenvalue weighted by Crippen LogP contribution is 2.40. The van der Waals surface area contributed by atoms with Crippen LogP contribution in [0, 0.1) is 0 Å². The third-order valence-electron chi connectivity index (χ3n) is 2.96. The molecule has 0 aromatic rings. The zero-order chi connectivity index (χ0) is 9.31. The third-order valence-corrected chi connectivity index (χ3v) is 2.96. The average molecular weight is 186 g/mol. The van der Waals surface area contributed by atoms with Crippen molar-refractivity contribution in [3.8, 4) is 0 Å². The van der Waals surface area contributed by atoms with Gasteiger partial charge in [-0.25, -0.2) is 0 Å². The molecule has 2 saturated heterocycles. The molecule has 2 aliphatic rings. The molecule has 0 saturated carbocycles. The van der Waals surface area contributed by atoms with E-state index in [1.807, 2.05) is 0 Å². The average Bonchev–Trinajstić information content (AvgIpc) is 2.74. The lowest BCUT2D eigenvalue weighted by Gasteiger charge is -2.26. The molecule has 0 amide bonds. The van der Waals surface area contributed by atoms with Crippen molar-refractivity contribution in [3.05, 3.63) is 0 Å². The quantitative estimate of drug-likeness (QED) is 0.657. The molecule has 2 aliphatic heterocycles. The van der Waals surface area contributed by atoms with Crippen molar-refractivity contribution in [2.24, 2.45) is 0 Å². The van der Waals surface area contributed by atoms with Gasteiger partial charge in [0.1, 0.15) is 6.10 Å². The van der Waals surface area contributed by atoms with Crippen LogP contribution in [0.25, 0.3) is 0 Å². The summed E-state index contributed by atoms with van der Waals surface area (Å²) in [4.78, 5) is 0. The van der Waals surface area contributed by atoms with Gasteiger partial charge in [-0.3, -0.25) is 0 Å². The number of hydrogen-bond donors (Lipinski definition) is 0. The summed E-state index contributed by atoms with van der Waals surface area (Å²) in [6, 6.07) is 0. The van der Waals surface area contributed by atoms with E-state index in [2.05, 4.69) is 13.8 Å². The zero-order valence-electron chi connectivity index (χ0n) is 8.41. The van der Waals surface area contributed by atoms with Gasteiger partial charge in [-0.15, -0.1) is 0 Å². The van der Waals surface area contributed by atoms with Crippen molar-refractivity contribution in [2.75, 3.05) is 13.2 Å². The molecule has 3 heteroatoms. The lowest BCUT2D eigenvalue weighted by Crippen LogP contribution is -2.38. The second-order valence-corrected chi connectivity index (χ2v) is 3.78. The van der Waals surface area contributed by atoms with Crippen LogP contribution in [0.15, 0.2) is 0 Å². The number of ether oxygens (including phenoxy) is 3. The second-order valence-electron chi connectivity index (χ2n) is 3.78. The molecular weight excluding hydrogens is 168 g/mol. The van der Waals surface area contributed by atoms with Gasteiger partial charge in [-0.05, 0) is 12.8 Å². The molecule has 0 N–H and O–H groups in total. The minimum absolute atomic E-state index is 0.139. The van der Waals surface area contributed by atoms with E-state index in [0.29, 0.717) is 6.10 Å². The number of hydrogen-bond acceptors (Lipinski definition) is 3. The lowest BCUT2D eigenvalue weighted by molar-refractivity contribution is -0.190. The highest BCUT2D eigenvalue weighted by molar-refractivity contribution is 4.92. The summed E-state index contributed by atoms with van der Waals surface area (Å²) in [5.74, 6) is -0.393. The first-order valence-electron chi connectivity index (χ1n) is 5.24. The molecule has 0 aromatic carbocycles. The fourth-order valence-electron chi connectivity index (χ4n) is 2.25. The van der Waals surface area contributed by atoms with Crippen LogP contribution in [0.3, 0.4) is 0 Å². The lowest BCUT2D eigenvalue weighted by atomic mass is 10.0. The SMILES string of the molecule is CCC1CC2(OCCO2)C(CC)O1. The van der Waals surface area contributed by atoms with E-state index in [4.69, 9.17) is 14.2 Å². The van der Waals surface area contributed by atoms with Crippen LogP contribution >= 0.6 is 0 Å². The van der Waals surface area contributed by atoms with Crippen molar-refractivity contribution in [3.63, 3.8) is 0 Å². The highest BCUT2D eigenvalue weighted by atomic mass is 16.8. The Morgan fingerprint density at radius 2 is 1.85 bits per heavy atom. The van der Waals surface area contributed by atoms with E-state index in [1.165, 1.54) is 0 Å². The predicted molar refractivity (Wildman–Crippen MR) is 48.5 cm³/mol. The summed E-state index contributed by atoms with van der Waals surface area (Å²) in [6.07, 6.45) is 3.38. The van der Waals surface area contributed by atoms with E-state index in [9.17, 15) is 0 Å². The smallest absolute Gasteiger partial charge is 0.197 e. The van der Waals surface area contributed by atoms with Gasteiger partial charge in [0.2, 0.25) is 0 Å². The van der Waals surface area contributed by atoms with Gasteiger partial charge in [-0.1, -0.05) is 13.8 Å². The van der Waals surface area contributed by atoms with E-state index >= 15 is 0 Å². The predicted octanol–water partition coefficient (Wildman–Crippen LogP) is 1.71. The monoisotopic (exact) mass is 186 g/mol. The van der Waals surface area contributed by atoms with Crippen molar-refractivity contribution in [1.29, 1.82) is 0 Å². The van der Waals surface area contributed by atoms with E-state index in [1.54, 1.807) is 0 Å². The molecule has 2 rings (SSSR count). The fourth-order valence-corrected chi connectivity index (χ4v) is 2.25. The van der Waals surface area contributed by atoms with Crippen LogP contribution in [-0.2, 0) is 14.2 Å². The first kappa shape index (κ1) is 9.44. The van der Waals surface area contributed by atoms with Gasteiger partial charge in [0.05, 0.1) is 19.3 Å². The van der Waals surface area contributed by atoms with Gasteiger partial charge in [0.25, 0.3) is 0 Å². The van der Waals surface area contributed by atoms with Crippen molar-refractivity contribution >= 4 is 0 Å². The van der Waals surface area contributed by atoms with Gasteiger partial charge in [-0.2, -0.15) is 0 Å². The van der Waals surface area contributed by atoms with Gasteiger partial charge in [0, 0.05) is 6.42 Å². The summed E-state index contributed by atoms with van der Waals surface area (Å²) in [6.45, 7) is 5.70. The molecule has 2 unspecified atom stereocenters. The molecule has 1 spiro atoms. The molecule has 2 atom stereocenters. The molecule has 2 heterocycles. The van der Waals surface area contributed by atoms with Gasteiger partial charge < -0.3 is 14.2 Å². The number of rotatable bonds is 2. The Kier molecular flexibility index (Phi) is 2.58. The molecule has 2 fully saturated rings. The van der Waals surface area contributed by atoms with Crippen LogP contribution in [0.4, 0.5) is 0 Å². The van der Waals surface area contributed by atoms with E-state index < -0.39 is 5.79 Å². The third kappa shape index (κ3) is 1.49. The topological polar surface area (TPSA) is 27.7 Å². The first-order valence-corrected chi connectivity index (χ1v) is 5.24. The molecule has 13 heavy (non-hydrogen) atoms. The van der Waals surface area contributed by atoms with Crippen LogP contribution in [-0.4, -0.2) is 31.2 Å². The molecule has 76 valence electrons. The van der Waals surface area contributed by atoms with E-state index in [-0.39, 0.29) is 6.10 Å². The van der Waals surface area contributed by atoms with E-state index in [0.717, 1.165) is 32.5 Å². The van der Waals surface area contributed by atoms with Gasteiger partial charge in [0.15, 0.2) is 5.79 Å². The van der Waals surface area contributed by atoms with Crippen molar-refractivity contribution < 1.29 is 14.2 Å². The standard InChI is InChI=1S/C10H18O3/c1-3-8-7-10(9(4-2)13-8)11-5-6-12-10/h8-9H,3-7H2,1-2H3. The first-order chi connectivity index (χ1) is 6.30. The molecular formula is C10H18O3. The Labute approximate surface area is 79.4 Å². The molecule has 0 radical (unpaired) electrons. The molecule has 0 aliphatic carbocycles. The van der Waals surface area contributed by atoms with Crippen molar-refractivity contribution in [1.82, 2.24) is 0 Å². The largest absolute Gasteiger partial charge is 0.369 e. The minimum Gasteiger partial charge on any atom is -0.369 e. The Balaban J connectivity index is 2.08. The summed E-state index contributed by atoms with van der Waals surface area (Å²) in [5.41, 5.74) is 0. The van der Waals surface area contributed by atoms with Crippen LogP contribution in [0.5, 0.6) is 0 Å². The van der Waals surface area contributed by atoms with Crippen molar-refractivity contribution in [2.45, 2.75) is 51.1 Å². The highest BCUT2D eigenvalue weighted by Gasteiger charge is 2.51. The maximum Gasteiger partial charge on any atom is 0.197 e. The fraction of sp³-hybridized carbons (Fsp3) is 1.00. The summed E-state index contributed by atoms with van der Waals surface area (Å²) in [7, 11) is 0. The second kappa shape index (κ2) is 3.56. The Morgan fingerprint density at radius 1 is 1.15 bits per heavy atom. The van der Waals surface area contributed by atoms with Gasteiger partial charge >= 0.3 is 0 Å². The molecule has 0 bridgehead atoms. The van der Waals surface area contributed by atoms with Crippen LogP contribution in [0.1, 0.15) is 33.1 Å².